The number of fused-ring (bicyclic) bond motifs is 1. The average Bonchev–Trinajstić information content (AvgIpc) is 3.41. The third-order valence-electron chi connectivity index (χ3n) is 6.09. The van der Waals surface area contributed by atoms with Crippen LogP contribution in [-0.2, 0) is 16.4 Å². The van der Waals surface area contributed by atoms with Crippen molar-refractivity contribution in [3.63, 3.8) is 0 Å². The molecule has 0 fully saturated rings. The molecule has 1 aliphatic heterocycles. The van der Waals surface area contributed by atoms with Gasteiger partial charge in [0.1, 0.15) is 11.6 Å². The molecule has 0 saturated carbocycles. The van der Waals surface area contributed by atoms with Gasteiger partial charge < -0.3 is 9.88 Å². The van der Waals surface area contributed by atoms with Crippen LogP contribution < -0.4 is 9.62 Å². The highest BCUT2D eigenvalue weighted by atomic mass is 32.2. The Bertz CT molecular complexity index is 1550. The fourth-order valence-electron chi connectivity index (χ4n) is 4.43. The maximum atomic E-state index is 14.7. The third kappa shape index (κ3) is 4.08. The van der Waals surface area contributed by atoms with Crippen LogP contribution in [0.25, 0.3) is 5.69 Å². The van der Waals surface area contributed by atoms with E-state index in [2.05, 4.69) is 10.3 Å². The van der Waals surface area contributed by atoms with Crippen molar-refractivity contribution in [2.24, 2.45) is 0 Å². The van der Waals surface area contributed by atoms with Gasteiger partial charge in [-0.3, -0.25) is 9.10 Å². The standard InChI is InChI=1S/C26H23FN4O3S/c1-17-14-19-6-3-4-9-24(19)31(17)35(33,34)22-8-5-7-20(15-22)26(32)29-21-10-11-25(23(27)16-21)30-13-12-28-18(30)2/h3-13,15-17H,14H2,1-2H3,(H,29,32). The molecule has 1 N–H and O–H groups in total. The average molecular weight is 491 g/mol. The summed E-state index contributed by atoms with van der Waals surface area (Å²) in [6, 6.07) is 17.4. The Kier molecular flexibility index (Phi) is 5.64. The van der Waals surface area contributed by atoms with Crippen molar-refractivity contribution < 1.29 is 17.6 Å². The summed E-state index contributed by atoms with van der Waals surface area (Å²) in [7, 11) is -3.89. The van der Waals surface area contributed by atoms with Gasteiger partial charge in [-0.25, -0.2) is 17.8 Å². The fraction of sp³-hybridized carbons (Fsp3) is 0.154. The summed E-state index contributed by atoms with van der Waals surface area (Å²) >= 11 is 0. The van der Waals surface area contributed by atoms with Crippen LogP contribution in [0.4, 0.5) is 15.8 Å². The third-order valence-corrected chi connectivity index (χ3v) is 8.01. The van der Waals surface area contributed by atoms with Crippen molar-refractivity contribution in [1.82, 2.24) is 9.55 Å². The number of anilines is 2. The second kappa shape index (κ2) is 8.66. The molecule has 7 nitrogen and oxygen atoms in total. The van der Waals surface area contributed by atoms with Crippen molar-refractivity contribution in [2.45, 2.75) is 31.2 Å². The molecular weight excluding hydrogens is 467 g/mol. The van der Waals surface area contributed by atoms with Gasteiger partial charge in [0.25, 0.3) is 15.9 Å². The zero-order chi connectivity index (χ0) is 24.7. The number of para-hydroxylation sites is 1. The molecule has 1 unspecified atom stereocenters. The first-order valence-corrected chi connectivity index (χ1v) is 12.5. The molecule has 4 aromatic rings. The summed E-state index contributed by atoms with van der Waals surface area (Å²) < 4.78 is 44.7. The summed E-state index contributed by atoms with van der Waals surface area (Å²) in [5, 5.41) is 2.65. The SMILES string of the molecule is Cc1nccn1-c1ccc(NC(=O)c2cccc(S(=O)(=O)N3c4ccccc4CC3C)c2)cc1F. The van der Waals surface area contributed by atoms with E-state index >= 15 is 0 Å². The lowest BCUT2D eigenvalue weighted by Crippen LogP contribution is -2.35. The molecule has 0 saturated heterocycles. The second-order valence-electron chi connectivity index (χ2n) is 8.48. The Balaban J connectivity index is 1.40. The quantitative estimate of drug-likeness (QED) is 0.439. The Morgan fingerprint density at radius 3 is 2.60 bits per heavy atom. The lowest BCUT2D eigenvalue weighted by atomic mass is 10.1. The summed E-state index contributed by atoms with van der Waals surface area (Å²) in [4.78, 5) is 17.0. The van der Waals surface area contributed by atoms with E-state index in [9.17, 15) is 17.6 Å². The number of halogens is 1. The number of hydrogen-bond donors (Lipinski definition) is 1. The van der Waals surface area contributed by atoms with Gasteiger partial charge in [-0.05, 0) is 68.3 Å². The summed E-state index contributed by atoms with van der Waals surface area (Å²) in [5.41, 5.74) is 2.34. The van der Waals surface area contributed by atoms with Gasteiger partial charge >= 0.3 is 0 Å². The van der Waals surface area contributed by atoms with E-state index in [1.807, 2.05) is 25.1 Å². The van der Waals surface area contributed by atoms with Crippen molar-refractivity contribution in [3.8, 4) is 5.69 Å². The van der Waals surface area contributed by atoms with Crippen LogP contribution in [-0.4, -0.2) is 29.9 Å². The molecule has 1 aromatic heterocycles. The van der Waals surface area contributed by atoms with E-state index in [0.717, 1.165) is 5.56 Å². The highest BCUT2D eigenvalue weighted by molar-refractivity contribution is 7.92. The molecule has 178 valence electrons. The van der Waals surface area contributed by atoms with E-state index in [4.69, 9.17) is 0 Å². The highest BCUT2D eigenvalue weighted by Crippen LogP contribution is 2.36. The minimum atomic E-state index is -3.89. The molecule has 0 spiro atoms. The maximum absolute atomic E-state index is 14.7. The van der Waals surface area contributed by atoms with E-state index in [-0.39, 0.29) is 22.2 Å². The minimum Gasteiger partial charge on any atom is -0.322 e. The summed E-state index contributed by atoms with van der Waals surface area (Å²) in [6.45, 7) is 3.62. The number of rotatable bonds is 5. The molecule has 5 rings (SSSR count). The molecular formula is C26H23FN4O3S. The number of carbonyl (C=O) groups is 1. The number of amides is 1. The van der Waals surface area contributed by atoms with Gasteiger partial charge in [-0.1, -0.05) is 24.3 Å². The molecule has 35 heavy (non-hydrogen) atoms. The van der Waals surface area contributed by atoms with Gasteiger partial charge in [0, 0.05) is 29.7 Å². The predicted octanol–water partition coefficient (Wildman–Crippen LogP) is 4.71. The topological polar surface area (TPSA) is 84.3 Å². The number of nitrogens with one attached hydrogen (secondary N) is 1. The summed E-state index contributed by atoms with van der Waals surface area (Å²) in [6.07, 6.45) is 3.85. The lowest BCUT2D eigenvalue weighted by molar-refractivity contribution is 0.102. The number of benzene rings is 3. The molecule has 0 bridgehead atoms. The first-order chi connectivity index (χ1) is 16.8. The van der Waals surface area contributed by atoms with Crippen molar-refractivity contribution in [1.29, 1.82) is 0 Å². The number of aryl methyl sites for hydroxylation is 1. The Hall–Kier alpha value is -3.98. The zero-order valence-electron chi connectivity index (χ0n) is 19.1. The number of imidazole rings is 1. The van der Waals surface area contributed by atoms with Crippen LogP contribution in [0.15, 0.2) is 84.0 Å². The Morgan fingerprint density at radius 2 is 1.86 bits per heavy atom. The molecule has 3 aromatic carbocycles. The molecule has 9 heteroatoms. The molecule has 0 aliphatic carbocycles. The van der Waals surface area contributed by atoms with Crippen LogP contribution in [0.2, 0.25) is 0 Å². The number of nitrogens with zero attached hydrogens (tertiary/aromatic N) is 3. The van der Waals surface area contributed by atoms with Gasteiger partial charge in [0.15, 0.2) is 0 Å². The van der Waals surface area contributed by atoms with Crippen molar-refractivity contribution in [2.75, 3.05) is 9.62 Å². The maximum Gasteiger partial charge on any atom is 0.264 e. The van der Waals surface area contributed by atoms with Gasteiger partial charge in [-0.2, -0.15) is 0 Å². The zero-order valence-corrected chi connectivity index (χ0v) is 20.0. The van der Waals surface area contributed by atoms with Crippen LogP contribution in [0.5, 0.6) is 0 Å². The monoisotopic (exact) mass is 490 g/mol. The van der Waals surface area contributed by atoms with Crippen molar-refractivity contribution >= 4 is 27.3 Å². The normalized spacial score (nSPS) is 15.2. The molecule has 0 radical (unpaired) electrons. The van der Waals surface area contributed by atoms with E-state index in [1.54, 1.807) is 42.1 Å². The van der Waals surface area contributed by atoms with Crippen LogP contribution in [0, 0.1) is 12.7 Å². The smallest absolute Gasteiger partial charge is 0.264 e. The summed E-state index contributed by atoms with van der Waals surface area (Å²) in [5.74, 6) is -0.432. The molecule has 1 aliphatic rings. The highest BCUT2D eigenvalue weighted by Gasteiger charge is 2.36. The Labute approximate surface area is 202 Å². The van der Waals surface area contributed by atoms with E-state index in [0.29, 0.717) is 23.6 Å². The van der Waals surface area contributed by atoms with Gasteiger partial charge in [-0.15, -0.1) is 0 Å². The minimum absolute atomic E-state index is 0.0193. The number of carbonyl (C=O) groups excluding carboxylic acids is 1. The Morgan fingerprint density at radius 1 is 1.06 bits per heavy atom. The van der Waals surface area contributed by atoms with Gasteiger partial charge in [0.2, 0.25) is 0 Å². The first-order valence-electron chi connectivity index (χ1n) is 11.1. The van der Waals surface area contributed by atoms with Gasteiger partial charge in [0.05, 0.1) is 16.3 Å². The number of hydrogen-bond acceptors (Lipinski definition) is 4. The molecule has 1 amide bonds. The van der Waals surface area contributed by atoms with E-state index < -0.39 is 21.7 Å². The van der Waals surface area contributed by atoms with Crippen LogP contribution in [0.3, 0.4) is 0 Å². The lowest BCUT2D eigenvalue weighted by Gasteiger charge is -2.24. The largest absolute Gasteiger partial charge is 0.322 e. The van der Waals surface area contributed by atoms with Crippen LogP contribution in [0.1, 0.15) is 28.7 Å². The first kappa shape index (κ1) is 22.8. The van der Waals surface area contributed by atoms with Crippen LogP contribution >= 0.6 is 0 Å². The second-order valence-corrected chi connectivity index (χ2v) is 10.3. The van der Waals surface area contributed by atoms with E-state index in [1.165, 1.54) is 34.6 Å². The molecule has 2 heterocycles. The fourth-order valence-corrected chi connectivity index (χ4v) is 6.17. The predicted molar refractivity (Wildman–Crippen MR) is 132 cm³/mol. The number of sulfonamides is 1. The van der Waals surface area contributed by atoms with Crippen molar-refractivity contribution in [3.05, 3.63) is 102 Å². The number of aromatic nitrogens is 2. The molecule has 1 atom stereocenters.